The van der Waals surface area contributed by atoms with Gasteiger partial charge in [-0.15, -0.1) is 0 Å². The smallest absolute Gasteiger partial charge is 0.224 e. The van der Waals surface area contributed by atoms with Crippen LogP contribution in [0.4, 0.5) is 0 Å². The van der Waals surface area contributed by atoms with Gasteiger partial charge in [0.1, 0.15) is 0 Å². The average Bonchev–Trinajstić information content (AvgIpc) is 2.75. The molecule has 1 saturated heterocycles. The number of allylic oxidation sites excluding steroid dienone is 2. The molecule has 1 aromatic heterocycles. The van der Waals surface area contributed by atoms with Gasteiger partial charge in [-0.2, -0.15) is 0 Å². The highest BCUT2D eigenvalue weighted by Gasteiger charge is 2.16. The summed E-state index contributed by atoms with van der Waals surface area (Å²) >= 11 is 0. The van der Waals surface area contributed by atoms with Crippen LogP contribution in [-0.4, -0.2) is 11.7 Å². The van der Waals surface area contributed by atoms with E-state index in [0.29, 0.717) is 24.3 Å². The summed E-state index contributed by atoms with van der Waals surface area (Å²) in [6.45, 7) is 0. The summed E-state index contributed by atoms with van der Waals surface area (Å²) in [6.07, 6.45) is 3.91. The SMILES string of the molecule is O=C1CC/C(=C/C(=O)c2ccco2)N1. The van der Waals surface area contributed by atoms with Gasteiger partial charge in [-0.05, 0) is 18.6 Å². The third-order valence-electron chi connectivity index (χ3n) is 1.99. The monoisotopic (exact) mass is 191 g/mol. The molecule has 1 aliphatic rings. The van der Waals surface area contributed by atoms with Gasteiger partial charge in [0.25, 0.3) is 0 Å². The molecule has 4 nitrogen and oxygen atoms in total. The number of nitrogens with one attached hydrogen (secondary N) is 1. The molecule has 0 aliphatic carbocycles. The Morgan fingerprint density at radius 2 is 2.36 bits per heavy atom. The van der Waals surface area contributed by atoms with E-state index in [2.05, 4.69) is 5.32 Å². The highest BCUT2D eigenvalue weighted by atomic mass is 16.3. The molecule has 2 heterocycles. The van der Waals surface area contributed by atoms with E-state index in [1.807, 2.05) is 0 Å². The Labute approximate surface area is 80.6 Å². The molecule has 0 bridgehead atoms. The summed E-state index contributed by atoms with van der Waals surface area (Å²) in [6, 6.07) is 3.25. The third kappa shape index (κ3) is 1.74. The molecule has 1 aliphatic heterocycles. The summed E-state index contributed by atoms with van der Waals surface area (Å²) in [5, 5.41) is 2.61. The molecule has 0 unspecified atom stereocenters. The van der Waals surface area contributed by atoms with Crippen LogP contribution in [0.3, 0.4) is 0 Å². The van der Waals surface area contributed by atoms with Crippen LogP contribution in [0, 0.1) is 0 Å². The Morgan fingerprint density at radius 3 is 2.93 bits per heavy atom. The molecule has 72 valence electrons. The van der Waals surface area contributed by atoms with Gasteiger partial charge in [0.15, 0.2) is 5.76 Å². The third-order valence-corrected chi connectivity index (χ3v) is 1.99. The van der Waals surface area contributed by atoms with E-state index in [0.717, 1.165) is 0 Å². The molecule has 0 radical (unpaired) electrons. The Morgan fingerprint density at radius 1 is 1.50 bits per heavy atom. The summed E-state index contributed by atoms with van der Waals surface area (Å²) in [4.78, 5) is 22.3. The lowest BCUT2D eigenvalue weighted by atomic mass is 10.2. The molecule has 1 aromatic rings. The van der Waals surface area contributed by atoms with Crippen molar-refractivity contribution < 1.29 is 14.0 Å². The summed E-state index contributed by atoms with van der Waals surface area (Å²) in [5.74, 6) is 0.0364. The Bertz CT molecular complexity index is 390. The first-order valence-electron chi connectivity index (χ1n) is 4.34. The van der Waals surface area contributed by atoms with Crippen molar-refractivity contribution in [2.45, 2.75) is 12.8 Å². The first-order valence-corrected chi connectivity index (χ1v) is 4.34. The average molecular weight is 191 g/mol. The molecule has 0 aromatic carbocycles. The second-order valence-corrected chi connectivity index (χ2v) is 3.06. The fraction of sp³-hybridized carbons (Fsp3) is 0.200. The Kier molecular flexibility index (Phi) is 2.18. The van der Waals surface area contributed by atoms with Gasteiger partial charge >= 0.3 is 0 Å². The highest BCUT2D eigenvalue weighted by molar-refractivity contribution is 6.03. The second-order valence-electron chi connectivity index (χ2n) is 3.06. The maximum Gasteiger partial charge on any atom is 0.224 e. The van der Waals surface area contributed by atoms with E-state index >= 15 is 0 Å². The molecule has 1 fully saturated rings. The minimum Gasteiger partial charge on any atom is -0.461 e. The van der Waals surface area contributed by atoms with Crippen LogP contribution in [0.15, 0.2) is 34.6 Å². The van der Waals surface area contributed by atoms with E-state index in [4.69, 9.17) is 4.42 Å². The number of carbonyl (C=O) groups is 2. The van der Waals surface area contributed by atoms with Gasteiger partial charge in [0.05, 0.1) is 6.26 Å². The van der Waals surface area contributed by atoms with Crippen molar-refractivity contribution in [1.29, 1.82) is 0 Å². The zero-order valence-corrected chi connectivity index (χ0v) is 7.45. The first kappa shape index (κ1) is 8.74. The van der Waals surface area contributed by atoms with Gasteiger partial charge in [-0.1, -0.05) is 0 Å². The molecule has 4 heteroatoms. The molecule has 2 rings (SSSR count). The number of hydrogen-bond acceptors (Lipinski definition) is 3. The quantitative estimate of drug-likeness (QED) is 0.565. The predicted molar refractivity (Wildman–Crippen MR) is 48.5 cm³/mol. The lowest BCUT2D eigenvalue weighted by Gasteiger charge is -1.94. The van der Waals surface area contributed by atoms with Crippen LogP contribution in [0.25, 0.3) is 0 Å². The van der Waals surface area contributed by atoms with Crippen molar-refractivity contribution in [3.8, 4) is 0 Å². The minimum atomic E-state index is -0.216. The summed E-state index contributed by atoms with van der Waals surface area (Å²) < 4.78 is 4.93. The summed E-state index contributed by atoms with van der Waals surface area (Å²) in [5.41, 5.74) is 0.663. The van der Waals surface area contributed by atoms with Crippen molar-refractivity contribution >= 4 is 11.7 Å². The number of carbonyl (C=O) groups excluding carboxylic acids is 2. The van der Waals surface area contributed by atoms with Crippen molar-refractivity contribution in [2.24, 2.45) is 0 Å². The first-order chi connectivity index (χ1) is 6.75. The standard InChI is InChI=1S/C10H9NO3/c12-8(9-2-1-5-14-9)6-7-3-4-10(13)11-7/h1-2,5-6H,3-4H2,(H,11,13)/b7-6-. The molecule has 1 N–H and O–H groups in total. The van der Waals surface area contributed by atoms with Gasteiger partial charge in [0, 0.05) is 18.2 Å². The fourth-order valence-electron chi connectivity index (χ4n) is 1.31. The largest absolute Gasteiger partial charge is 0.461 e. The van der Waals surface area contributed by atoms with Gasteiger partial charge in [-0.3, -0.25) is 9.59 Å². The van der Waals surface area contributed by atoms with Crippen LogP contribution < -0.4 is 5.32 Å². The minimum absolute atomic E-state index is 0.0384. The van der Waals surface area contributed by atoms with Crippen LogP contribution in [0.5, 0.6) is 0 Å². The fourth-order valence-corrected chi connectivity index (χ4v) is 1.31. The predicted octanol–water partition coefficient (Wildman–Crippen LogP) is 1.26. The number of amides is 1. The maximum absolute atomic E-state index is 11.4. The van der Waals surface area contributed by atoms with Crippen LogP contribution in [0.2, 0.25) is 0 Å². The van der Waals surface area contributed by atoms with Crippen molar-refractivity contribution in [3.05, 3.63) is 35.9 Å². The molecular weight excluding hydrogens is 182 g/mol. The van der Waals surface area contributed by atoms with E-state index in [9.17, 15) is 9.59 Å². The maximum atomic E-state index is 11.4. The molecule has 0 spiro atoms. The van der Waals surface area contributed by atoms with Gasteiger partial charge in [-0.25, -0.2) is 0 Å². The molecular formula is C10H9NO3. The Hall–Kier alpha value is -1.84. The number of furan rings is 1. The van der Waals surface area contributed by atoms with E-state index in [1.165, 1.54) is 12.3 Å². The van der Waals surface area contributed by atoms with Gasteiger partial charge in [0.2, 0.25) is 11.7 Å². The van der Waals surface area contributed by atoms with Crippen LogP contribution >= 0.6 is 0 Å². The molecule has 1 amide bonds. The van der Waals surface area contributed by atoms with Crippen molar-refractivity contribution in [2.75, 3.05) is 0 Å². The highest BCUT2D eigenvalue weighted by Crippen LogP contribution is 2.12. The van der Waals surface area contributed by atoms with Gasteiger partial charge < -0.3 is 9.73 Å². The van der Waals surface area contributed by atoms with Crippen molar-refractivity contribution in [3.63, 3.8) is 0 Å². The molecule has 14 heavy (non-hydrogen) atoms. The van der Waals surface area contributed by atoms with E-state index < -0.39 is 0 Å². The normalized spacial score (nSPS) is 18.6. The van der Waals surface area contributed by atoms with E-state index in [-0.39, 0.29) is 11.7 Å². The molecule has 0 saturated carbocycles. The van der Waals surface area contributed by atoms with E-state index in [1.54, 1.807) is 12.1 Å². The number of hydrogen-bond donors (Lipinski definition) is 1. The lowest BCUT2D eigenvalue weighted by molar-refractivity contribution is -0.118. The van der Waals surface area contributed by atoms with Crippen LogP contribution in [-0.2, 0) is 4.79 Å². The second kappa shape index (κ2) is 3.49. The molecule has 0 atom stereocenters. The zero-order chi connectivity index (χ0) is 9.97. The van der Waals surface area contributed by atoms with Crippen molar-refractivity contribution in [1.82, 2.24) is 5.32 Å². The summed E-state index contributed by atoms with van der Waals surface area (Å²) in [7, 11) is 0. The lowest BCUT2D eigenvalue weighted by Crippen LogP contribution is -2.12. The topological polar surface area (TPSA) is 59.3 Å². The van der Waals surface area contributed by atoms with Crippen LogP contribution in [0.1, 0.15) is 23.4 Å². The zero-order valence-electron chi connectivity index (χ0n) is 7.45. The Balaban J connectivity index is 2.11. The number of rotatable bonds is 2. The number of ketones is 1.